The molecule has 1 saturated heterocycles. The maximum absolute atomic E-state index is 11.3. The number of hydrogen-bond acceptors (Lipinski definition) is 3. The van der Waals surface area contributed by atoms with Gasteiger partial charge in [0, 0.05) is 0 Å². The summed E-state index contributed by atoms with van der Waals surface area (Å²) in [4.78, 5) is 27.1. The summed E-state index contributed by atoms with van der Waals surface area (Å²) in [5.41, 5.74) is 0.885. The maximum atomic E-state index is 11.3. The van der Waals surface area contributed by atoms with E-state index in [1.807, 2.05) is 30.3 Å². The molecule has 1 aromatic carbocycles. The third-order valence-electron chi connectivity index (χ3n) is 2.21. The summed E-state index contributed by atoms with van der Waals surface area (Å²) in [7, 11) is 0. The molecule has 0 radical (unpaired) electrons. The van der Waals surface area contributed by atoms with Gasteiger partial charge in [0.15, 0.2) is 0 Å². The molecule has 1 fully saturated rings. The van der Waals surface area contributed by atoms with Crippen LogP contribution in [0.4, 0.5) is 0 Å². The average molecular weight is 205 g/mol. The Labute approximate surface area is 87.4 Å². The first-order chi connectivity index (χ1) is 7.25. The summed E-state index contributed by atoms with van der Waals surface area (Å²) in [6.07, 6.45) is 0.670. The second-order valence-electron chi connectivity index (χ2n) is 3.37. The Morgan fingerprint density at radius 1 is 1.33 bits per heavy atom. The van der Waals surface area contributed by atoms with Crippen molar-refractivity contribution in [3.63, 3.8) is 0 Å². The molecule has 0 bridgehead atoms. The van der Waals surface area contributed by atoms with E-state index in [0.717, 1.165) is 10.6 Å². The molecule has 0 aromatic heterocycles. The van der Waals surface area contributed by atoms with Crippen LogP contribution in [0.15, 0.2) is 30.3 Å². The first-order valence-corrected chi connectivity index (χ1v) is 4.81. The van der Waals surface area contributed by atoms with Crippen molar-refractivity contribution in [2.75, 3.05) is 6.54 Å². The highest BCUT2D eigenvalue weighted by molar-refractivity contribution is 5.83. The van der Waals surface area contributed by atoms with E-state index < -0.39 is 5.97 Å². The van der Waals surface area contributed by atoms with E-state index in [1.54, 1.807) is 0 Å². The molecule has 15 heavy (non-hydrogen) atoms. The van der Waals surface area contributed by atoms with Crippen LogP contribution in [-0.4, -0.2) is 23.5 Å². The highest BCUT2D eigenvalue weighted by Gasteiger charge is 2.27. The van der Waals surface area contributed by atoms with Crippen molar-refractivity contribution in [3.05, 3.63) is 35.9 Å². The van der Waals surface area contributed by atoms with Gasteiger partial charge in [0.05, 0.1) is 19.4 Å². The topological polar surface area (TPSA) is 46.6 Å². The number of rotatable bonds is 3. The predicted octanol–water partition coefficient (Wildman–Crippen LogP) is 0.920. The highest BCUT2D eigenvalue weighted by Crippen LogP contribution is 2.10. The van der Waals surface area contributed by atoms with Crippen LogP contribution < -0.4 is 0 Å². The number of benzene rings is 1. The van der Waals surface area contributed by atoms with Crippen LogP contribution in [0.1, 0.15) is 12.0 Å². The number of amides is 1. The minimum absolute atomic E-state index is 0.128. The van der Waals surface area contributed by atoms with Crippen LogP contribution in [-0.2, 0) is 20.8 Å². The van der Waals surface area contributed by atoms with Gasteiger partial charge in [0.25, 0.3) is 5.91 Å². The largest absolute Gasteiger partial charge is 0.338 e. The number of hydrogen-bond donors (Lipinski definition) is 0. The quantitative estimate of drug-likeness (QED) is 0.689. The van der Waals surface area contributed by atoms with Crippen molar-refractivity contribution in [3.8, 4) is 0 Å². The van der Waals surface area contributed by atoms with Gasteiger partial charge in [0.2, 0.25) is 0 Å². The van der Waals surface area contributed by atoms with Gasteiger partial charge in [0.1, 0.15) is 0 Å². The summed E-state index contributed by atoms with van der Waals surface area (Å²) in [5.74, 6) is -0.523. The number of carbonyl (C=O) groups is 2. The minimum atomic E-state index is -0.394. The standard InChI is InChI=1S/C11H11NO3/c13-10-6-7-12(10)15-11(14)8-9-4-2-1-3-5-9/h1-5H,6-8H2. The molecule has 0 unspecified atom stereocenters. The van der Waals surface area contributed by atoms with Crippen molar-refractivity contribution in [2.45, 2.75) is 12.8 Å². The van der Waals surface area contributed by atoms with Crippen molar-refractivity contribution in [1.82, 2.24) is 5.06 Å². The zero-order valence-electron chi connectivity index (χ0n) is 8.18. The average Bonchev–Trinajstić information content (AvgIpc) is 2.25. The number of β-lactam (4-membered cyclic amide) rings is 1. The third kappa shape index (κ3) is 2.34. The molecular formula is C11H11NO3. The minimum Gasteiger partial charge on any atom is -0.338 e. The molecule has 1 aromatic rings. The maximum Gasteiger partial charge on any atom is 0.336 e. The van der Waals surface area contributed by atoms with E-state index in [2.05, 4.69) is 0 Å². The van der Waals surface area contributed by atoms with Gasteiger partial charge in [-0.25, -0.2) is 4.79 Å². The van der Waals surface area contributed by atoms with Gasteiger partial charge >= 0.3 is 5.97 Å². The van der Waals surface area contributed by atoms with E-state index >= 15 is 0 Å². The van der Waals surface area contributed by atoms with Crippen molar-refractivity contribution < 1.29 is 14.4 Å². The fraction of sp³-hybridized carbons (Fsp3) is 0.273. The molecule has 1 aliphatic heterocycles. The number of hydroxylamine groups is 2. The van der Waals surface area contributed by atoms with E-state index in [9.17, 15) is 9.59 Å². The van der Waals surface area contributed by atoms with Crippen LogP contribution in [0.3, 0.4) is 0 Å². The Balaban J connectivity index is 1.85. The van der Waals surface area contributed by atoms with Gasteiger partial charge in [-0.3, -0.25) is 4.79 Å². The molecular weight excluding hydrogens is 194 g/mol. The SMILES string of the molecule is O=C(Cc1ccccc1)ON1CCC1=O. The van der Waals surface area contributed by atoms with Crippen molar-refractivity contribution in [1.29, 1.82) is 0 Å². The second-order valence-corrected chi connectivity index (χ2v) is 3.37. The summed E-state index contributed by atoms with van der Waals surface area (Å²) in [6, 6.07) is 9.29. The Kier molecular flexibility index (Phi) is 2.67. The molecule has 0 atom stereocenters. The van der Waals surface area contributed by atoms with E-state index in [-0.39, 0.29) is 12.3 Å². The van der Waals surface area contributed by atoms with E-state index in [1.165, 1.54) is 0 Å². The smallest absolute Gasteiger partial charge is 0.336 e. The Hall–Kier alpha value is -1.84. The molecule has 0 N–H and O–H groups in total. The van der Waals surface area contributed by atoms with E-state index in [0.29, 0.717) is 13.0 Å². The molecule has 2 rings (SSSR count). The lowest BCUT2D eigenvalue weighted by Crippen LogP contribution is -2.44. The lowest BCUT2D eigenvalue weighted by atomic mass is 10.2. The van der Waals surface area contributed by atoms with Gasteiger partial charge in [-0.1, -0.05) is 30.3 Å². The zero-order chi connectivity index (χ0) is 10.7. The molecule has 1 heterocycles. The zero-order valence-corrected chi connectivity index (χ0v) is 8.18. The van der Waals surface area contributed by atoms with Gasteiger partial charge < -0.3 is 4.84 Å². The van der Waals surface area contributed by atoms with Crippen molar-refractivity contribution in [2.24, 2.45) is 0 Å². The lowest BCUT2D eigenvalue weighted by molar-refractivity contribution is -0.211. The van der Waals surface area contributed by atoms with Crippen LogP contribution in [0.5, 0.6) is 0 Å². The Morgan fingerprint density at radius 2 is 2.07 bits per heavy atom. The summed E-state index contributed by atoms with van der Waals surface area (Å²) < 4.78 is 0. The van der Waals surface area contributed by atoms with Crippen LogP contribution in [0.2, 0.25) is 0 Å². The van der Waals surface area contributed by atoms with Gasteiger partial charge in [-0.15, -0.1) is 0 Å². The Bertz CT molecular complexity index is 375. The predicted molar refractivity (Wildman–Crippen MR) is 52.6 cm³/mol. The molecule has 1 amide bonds. The molecule has 0 saturated carbocycles. The van der Waals surface area contributed by atoms with Gasteiger partial charge in [-0.2, -0.15) is 5.06 Å². The summed E-state index contributed by atoms with van der Waals surface area (Å²) >= 11 is 0. The molecule has 78 valence electrons. The first-order valence-electron chi connectivity index (χ1n) is 4.81. The van der Waals surface area contributed by atoms with E-state index in [4.69, 9.17) is 4.84 Å². The fourth-order valence-electron chi connectivity index (χ4n) is 1.31. The highest BCUT2D eigenvalue weighted by atomic mass is 16.7. The molecule has 0 spiro atoms. The van der Waals surface area contributed by atoms with Crippen molar-refractivity contribution >= 4 is 11.9 Å². The summed E-state index contributed by atoms with van der Waals surface area (Å²) in [5, 5.41) is 1.10. The van der Waals surface area contributed by atoms with Crippen LogP contribution in [0.25, 0.3) is 0 Å². The normalized spacial score (nSPS) is 14.7. The van der Waals surface area contributed by atoms with Gasteiger partial charge in [-0.05, 0) is 5.56 Å². The van der Waals surface area contributed by atoms with Crippen LogP contribution >= 0.6 is 0 Å². The molecule has 4 nitrogen and oxygen atoms in total. The third-order valence-corrected chi connectivity index (χ3v) is 2.21. The number of carbonyl (C=O) groups excluding carboxylic acids is 2. The fourth-order valence-corrected chi connectivity index (χ4v) is 1.31. The lowest BCUT2D eigenvalue weighted by Gasteiger charge is -2.27. The molecule has 4 heteroatoms. The molecule has 1 aliphatic rings. The number of nitrogens with zero attached hydrogens (tertiary/aromatic N) is 1. The Morgan fingerprint density at radius 3 is 2.60 bits per heavy atom. The molecule has 0 aliphatic carbocycles. The second kappa shape index (κ2) is 4.13. The monoisotopic (exact) mass is 205 g/mol. The van der Waals surface area contributed by atoms with Crippen LogP contribution in [0, 0.1) is 0 Å². The first kappa shape index (κ1) is 9.71. The summed E-state index contributed by atoms with van der Waals surface area (Å²) in [6.45, 7) is 0.513.